The van der Waals surface area contributed by atoms with Crippen LogP contribution in [-0.2, 0) is 4.79 Å². The molecular formula is C15H17ClN4O2. The maximum absolute atomic E-state index is 12.3. The van der Waals surface area contributed by atoms with Crippen molar-refractivity contribution in [2.75, 3.05) is 29.9 Å². The van der Waals surface area contributed by atoms with Gasteiger partial charge in [-0.05, 0) is 26.0 Å². The summed E-state index contributed by atoms with van der Waals surface area (Å²) in [6.45, 7) is 5.11. The molecule has 0 saturated carbocycles. The number of nitrogens with one attached hydrogen (secondary N) is 2. The van der Waals surface area contributed by atoms with E-state index >= 15 is 0 Å². The highest BCUT2D eigenvalue weighted by Crippen LogP contribution is 2.37. The number of aromatic amines is 1. The van der Waals surface area contributed by atoms with Crippen molar-refractivity contribution in [1.29, 1.82) is 0 Å². The number of carbonyl (C=O) groups excluding carboxylic acids is 1. The van der Waals surface area contributed by atoms with E-state index in [2.05, 4.69) is 15.5 Å². The molecule has 2 aromatic rings. The molecule has 0 bridgehead atoms. The van der Waals surface area contributed by atoms with Crippen molar-refractivity contribution in [3.63, 3.8) is 0 Å². The Labute approximate surface area is 133 Å². The number of H-pyrrole nitrogens is 1. The molecule has 2 heterocycles. The van der Waals surface area contributed by atoms with Gasteiger partial charge >= 0.3 is 0 Å². The zero-order valence-electron chi connectivity index (χ0n) is 12.4. The van der Waals surface area contributed by atoms with Crippen LogP contribution in [0.1, 0.15) is 11.4 Å². The molecule has 116 valence electrons. The third-order valence-corrected chi connectivity index (χ3v) is 3.92. The first kappa shape index (κ1) is 14.7. The van der Waals surface area contributed by atoms with Gasteiger partial charge in [-0.3, -0.25) is 9.89 Å². The van der Waals surface area contributed by atoms with Crippen molar-refractivity contribution >= 4 is 28.9 Å². The van der Waals surface area contributed by atoms with Gasteiger partial charge in [-0.2, -0.15) is 5.10 Å². The summed E-state index contributed by atoms with van der Waals surface area (Å²) in [5.74, 6) is 0.541. The van der Waals surface area contributed by atoms with Crippen molar-refractivity contribution in [1.82, 2.24) is 10.2 Å². The van der Waals surface area contributed by atoms with Gasteiger partial charge in [0.1, 0.15) is 6.61 Å². The minimum absolute atomic E-state index is 0.0968. The lowest BCUT2D eigenvalue weighted by Crippen LogP contribution is -2.39. The molecule has 1 amide bonds. The Morgan fingerprint density at radius 1 is 1.50 bits per heavy atom. The van der Waals surface area contributed by atoms with Gasteiger partial charge in [0.25, 0.3) is 0 Å². The summed E-state index contributed by atoms with van der Waals surface area (Å²) in [5.41, 5.74) is 3.20. The normalized spacial score (nSPS) is 13.5. The molecular weight excluding hydrogens is 304 g/mol. The van der Waals surface area contributed by atoms with Crippen LogP contribution in [0.25, 0.3) is 0 Å². The summed E-state index contributed by atoms with van der Waals surface area (Å²) in [6.07, 6.45) is 0. The molecule has 0 unspecified atom stereocenters. The van der Waals surface area contributed by atoms with Gasteiger partial charge in [0.05, 0.1) is 40.9 Å². The molecule has 0 spiro atoms. The van der Waals surface area contributed by atoms with Crippen LogP contribution in [0, 0.1) is 13.8 Å². The van der Waals surface area contributed by atoms with E-state index in [-0.39, 0.29) is 12.5 Å². The van der Waals surface area contributed by atoms with Gasteiger partial charge in [0.15, 0.2) is 5.75 Å². The van der Waals surface area contributed by atoms with Crippen LogP contribution in [-0.4, -0.2) is 35.8 Å². The van der Waals surface area contributed by atoms with Crippen molar-refractivity contribution in [3.8, 4) is 5.75 Å². The molecule has 1 aliphatic heterocycles. The molecule has 6 nitrogen and oxygen atoms in total. The fourth-order valence-corrected chi connectivity index (χ4v) is 2.74. The van der Waals surface area contributed by atoms with Crippen LogP contribution in [0.4, 0.5) is 11.4 Å². The van der Waals surface area contributed by atoms with E-state index in [9.17, 15) is 4.79 Å². The van der Waals surface area contributed by atoms with Crippen LogP contribution in [0.15, 0.2) is 18.2 Å². The SMILES string of the molecule is Cc1n[nH]c(C)c1NC(=O)CN1CCOc2c(Cl)cccc21. The molecule has 2 N–H and O–H groups in total. The number of aromatic nitrogens is 2. The summed E-state index contributed by atoms with van der Waals surface area (Å²) in [4.78, 5) is 14.3. The lowest BCUT2D eigenvalue weighted by atomic mass is 10.2. The minimum Gasteiger partial charge on any atom is -0.488 e. The molecule has 7 heteroatoms. The standard InChI is InChI=1S/C15H17ClN4O2/c1-9-14(10(2)19-18-9)17-13(21)8-20-6-7-22-15-11(16)4-3-5-12(15)20/h3-5H,6-8H2,1-2H3,(H,17,21)(H,18,19). The molecule has 0 saturated heterocycles. The molecule has 0 radical (unpaired) electrons. The maximum Gasteiger partial charge on any atom is 0.243 e. The number of halogens is 1. The number of ether oxygens (including phenoxy) is 1. The van der Waals surface area contributed by atoms with Crippen LogP contribution >= 0.6 is 11.6 Å². The van der Waals surface area contributed by atoms with Gasteiger partial charge in [-0.1, -0.05) is 17.7 Å². The van der Waals surface area contributed by atoms with E-state index in [1.807, 2.05) is 30.9 Å². The van der Waals surface area contributed by atoms with Crippen molar-refractivity contribution in [3.05, 3.63) is 34.6 Å². The highest BCUT2D eigenvalue weighted by molar-refractivity contribution is 6.32. The summed E-state index contributed by atoms with van der Waals surface area (Å²) >= 11 is 6.14. The number of nitrogens with zero attached hydrogens (tertiary/aromatic N) is 2. The summed E-state index contributed by atoms with van der Waals surface area (Å²) in [6, 6.07) is 5.54. The summed E-state index contributed by atoms with van der Waals surface area (Å²) in [5, 5.41) is 10.4. The average molecular weight is 321 g/mol. The molecule has 1 aromatic carbocycles. The second-order valence-electron chi connectivity index (χ2n) is 5.22. The molecule has 0 fully saturated rings. The van der Waals surface area contributed by atoms with Gasteiger partial charge < -0.3 is 15.0 Å². The van der Waals surface area contributed by atoms with Crippen LogP contribution in [0.2, 0.25) is 5.02 Å². The number of hydrogen-bond donors (Lipinski definition) is 2. The lowest BCUT2D eigenvalue weighted by molar-refractivity contribution is -0.115. The fraction of sp³-hybridized carbons (Fsp3) is 0.333. The summed E-state index contributed by atoms with van der Waals surface area (Å²) < 4.78 is 5.59. The van der Waals surface area contributed by atoms with Gasteiger partial charge in [-0.25, -0.2) is 0 Å². The van der Waals surface area contributed by atoms with Crippen molar-refractivity contribution < 1.29 is 9.53 Å². The Bertz CT molecular complexity index is 694. The van der Waals surface area contributed by atoms with E-state index < -0.39 is 0 Å². The maximum atomic E-state index is 12.3. The van der Waals surface area contributed by atoms with Gasteiger partial charge in [0.2, 0.25) is 5.91 Å². The molecule has 0 atom stereocenters. The first-order chi connectivity index (χ1) is 10.6. The first-order valence-corrected chi connectivity index (χ1v) is 7.41. The third-order valence-electron chi connectivity index (χ3n) is 3.62. The molecule has 3 rings (SSSR count). The smallest absolute Gasteiger partial charge is 0.243 e. The van der Waals surface area contributed by atoms with Gasteiger partial charge in [0, 0.05) is 0 Å². The zero-order chi connectivity index (χ0) is 15.7. The number of amides is 1. The number of para-hydroxylation sites is 1. The average Bonchev–Trinajstić information content (AvgIpc) is 2.80. The number of rotatable bonds is 3. The predicted octanol–water partition coefficient (Wildman–Crippen LogP) is 2.52. The van der Waals surface area contributed by atoms with Gasteiger partial charge in [-0.15, -0.1) is 0 Å². The zero-order valence-corrected chi connectivity index (χ0v) is 13.2. The van der Waals surface area contributed by atoms with E-state index in [0.29, 0.717) is 23.9 Å². The number of hydrogen-bond acceptors (Lipinski definition) is 4. The van der Waals surface area contributed by atoms with E-state index in [4.69, 9.17) is 16.3 Å². The summed E-state index contributed by atoms with van der Waals surface area (Å²) in [7, 11) is 0. The number of fused-ring (bicyclic) bond motifs is 1. The Morgan fingerprint density at radius 3 is 3.05 bits per heavy atom. The Balaban J connectivity index is 1.75. The van der Waals surface area contributed by atoms with Crippen molar-refractivity contribution in [2.45, 2.75) is 13.8 Å². The predicted molar refractivity (Wildman–Crippen MR) is 85.9 cm³/mol. The highest BCUT2D eigenvalue weighted by atomic mass is 35.5. The highest BCUT2D eigenvalue weighted by Gasteiger charge is 2.22. The first-order valence-electron chi connectivity index (χ1n) is 7.04. The van der Waals surface area contributed by atoms with Crippen LogP contribution < -0.4 is 15.0 Å². The molecule has 0 aliphatic carbocycles. The molecule has 22 heavy (non-hydrogen) atoms. The fourth-order valence-electron chi connectivity index (χ4n) is 2.52. The minimum atomic E-state index is -0.0968. The third kappa shape index (κ3) is 2.74. The van der Waals surface area contributed by atoms with E-state index in [1.165, 1.54) is 0 Å². The topological polar surface area (TPSA) is 70.2 Å². The number of anilines is 2. The Morgan fingerprint density at radius 2 is 2.32 bits per heavy atom. The number of carbonyl (C=O) groups is 1. The van der Waals surface area contributed by atoms with E-state index in [1.54, 1.807) is 6.07 Å². The molecule has 1 aromatic heterocycles. The Hall–Kier alpha value is -2.21. The van der Waals surface area contributed by atoms with E-state index in [0.717, 1.165) is 22.8 Å². The second-order valence-corrected chi connectivity index (χ2v) is 5.62. The van der Waals surface area contributed by atoms with Crippen LogP contribution in [0.5, 0.6) is 5.75 Å². The quantitative estimate of drug-likeness (QED) is 0.911. The second kappa shape index (κ2) is 5.88. The largest absolute Gasteiger partial charge is 0.488 e. The van der Waals surface area contributed by atoms with Crippen molar-refractivity contribution in [2.24, 2.45) is 0 Å². The lowest BCUT2D eigenvalue weighted by Gasteiger charge is -2.31. The van der Waals surface area contributed by atoms with Crippen LogP contribution in [0.3, 0.4) is 0 Å². The Kier molecular flexibility index (Phi) is 3.94. The number of benzene rings is 1. The molecule has 1 aliphatic rings. The number of aryl methyl sites for hydroxylation is 2. The monoisotopic (exact) mass is 320 g/mol.